The predicted molar refractivity (Wildman–Crippen MR) is 448 cm³/mol. The lowest BCUT2D eigenvalue weighted by atomic mass is 9.33. The van der Waals surface area contributed by atoms with Crippen molar-refractivity contribution in [2.75, 3.05) is 52.9 Å². The number of aliphatic hydroxyl groups is 24. The van der Waals surface area contributed by atoms with Crippen molar-refractivity contribution in [1.29, 1.82) is 0 Å². The van der Waals surface area contributed by atoms with E-state index in [0.717, 1.165) is 31.3 Å². The number of ether oxygens (including phenoxy) is 17. The topological polar surface area (TPSA) is 677 Å². The van der Waals surface area contributed by atoms with Crippen molar-refractivity contribution in [3.05, 3.63) is 11.6 Å². The Morgan fingerprint density at radius 2 is 1.03 bits per heavy atom. The van der Waals surface area contributed by atoms with Gasteiger partial charge in [0.05, 0.1) is 89.0 Å². The van der Waals surface area contributed by atoms with Crippen LogP contribution in [0, 0.1) is 50.2 Å². The van der Waals surface area contributed by atoms with E-state index in [-0.39, 0.29) is 44.6 Å². The zero-order chi connectivity index (χ0) is 97.0. The molecule has 0 spiro atoms. The molecule has 43 nitrogen and oxygen atoms in total. The molecular formula is C90H150O43. The zero-order valence-electron chi connectivity index (χ0n) is 77.1. The Bertz CT molecular complexity index is 3770. The van der Waals surface area contributed by atoms with Crippen LogP contribution in [0.5, 0.6) is 0 Å². The van der Waals surface area contributed by atoms with Gasteiger partial charge in [0.1, 0.15) is 139 Å². The smallest absolute Gasteiger partial charge is 0.335 e. The third-order valence-electron chi connectivity index (χ3n) is 32.4. The molecule has 5 aliphatic carbocycles. The minimum Gasteiger partial charge on any atom is -0.455 e. The fourth-order valence-electron chi connectivity index (χ4n) is 23.9. The van der Waals surface area contributed by atoms with E-state index < -0.39 is 348 Å². The van der Waals surface area contributed by atoms with Crippen LogP contribution < -0.4 is 0 Å². The third-order valence-corrected chi connectivity index (χ3v) is 32.4. The Kier molecular flexibility index (Phi) is 35.3. The summed E-state index contributed by atoms with van der Waals surface area (Å²) in [7, 11) is 0. The van der Waals surface area contributed by atoms with Crippen LogP contribution in [-0.4, -0.2) is 432 Å². The Hall–Kier alpha value is -2.88. The number of rotatable bonds is 35. The molecule has 0 aromatic rings. The van der Waals surface area contributed by atoms with Crippen molar-refractivity contribution < 1.29 is 213 Å². The molecule has 133 heavy (non-hydrogen) atoms. The summed E-state index contributed by atoms with van der Waals surface area (Å²) in [5.74, 6) is -3.64. The molecule has 0 radical (unpaired) electrons. The van der Waals surface area contributed by atoms with Crippen molar-refractivity contribution in [3.63, 3.8) is 0 Å². The standard InChI is InChI=1S/C90H150O43/c1-39-54(98)59(103)65(109)76(123-39)117-28-18-14-10-11-15-19-42(93)20-16-12-13-17-21-48(126-77-63(107)56(100)47(96)33-119-77)74(114)129-70-41(3)125-81(71(68(70)112)131-79-67(111)61(105)69(40(2)124-79)130-78-64(108)58(102)50(35-121-78)128-82-72(113)89(116,37-92)38-122-82)133-83(115)90-27-26-84(4,5)29-44(90)43-22-23-52-85(6)30-45(94)73(86(7,36-91)51(85)24-25-87(52,8)88(43,9)31-53(90)97)132-80-66(110)60(104)57(101)49(127-80)34-120-75-62(106)55(99)46(95)32-118-75/h22,39-42,44-73,75-82,91-113,116H,10-21,23-38H2,1-9H3. The first-order valence-electron chi connectivity index (χ1n) is 47.6. The normalized spacial score (nSPS) is 49.9. The summed E-state index contributed by atoms with van der Waals surface area (Å²) in [5.41, 5.74) is -7.23. The van der Waals surface area contributed by atoms with E-state index in [2.05, 4.69) is 40.7 Å². The van der Waals surface area contributed by atoms with E-state index in [1.807, 2.05) is 0 Å². The maximum Gasteiger partial charge on any atom is 0.335 e. The van der Waals surface area contributed by atoms with Crippen LogP contribution in [0.2, 0.25) is 0 Å². The first kappa shape index (κ1) is 107. The maximum atomic E-state index is 16.4. The molecule has 0 amide bonds. The van der Waals surface area contributed by atoms with E-state index in [0.29, 0.717) is 70.6 Å². The summed E-state index contributed by atoms with van der Waals surface area (Å²) < 4.78 is 101. The molecular weight excluding hydrogens is 1770 g/mol. The Morgan fingerprint density at radius 1 is 0.466 bits per heavy atom. The van der Waals surface area contributed by atoms with Crippen LogP contribution in [-0.2, 0) is 90.1 Å². The van der Waals surface area contributed by atoms with Crippen LogP contribution in [0.25, 0.3) is 0 Å². The average Bonchev–Trinajstić information content (AvgIpc) is 0.891. The summed E-state index contributed by atoms with van der Waals surface area (Å²) in [6.45, 7) is 12.8. The number of esters is 2. The number of carbonyl (C=O) groups is 2. The summed E-state index contributed by atoms with van der Waals surface area (Å²) in [6.07, 6.45) is -52.3. The minimum absolute atomic E-state index is 0.0194. The van der Waals surface area contributed by atoms with E-state index in [9.17, 15) is 123 Å². The second-order valence-corrected chi connectivity index (χ2v) is 41.8. The van der Waals surface area contributed by atoms with Crippen molar-refractivity contribution in [3.8, 4) is 0 Å². The van der Waals surface area contributed by atoms with Gasteiger partial charge in [-0.1, -0.05) is 105 Å². The fourth-order valence-corrected chi connectivity index (χ4v) is 23.9. The van der Waals surface area contributed by atoms with Crippen LogP contribution in [0.1, 0.15) is 191 Å². The molecule has 48 atom stereocenters. The van der Waals surface area contributed by atoms with Crippen molar-refractivity contribution >= 4 is 11.9 Å². The molecule has 13 aliphatic rings. The number of unbranched alkanes of at least 4 members (excludes halogenated alkanes) is 7. The molecule has 13 rings (SSSR count). The molecule has 24 N–H and O–H groups in total. The monoisotopic (exact) mass is 1920 g/mol. The number of aliphatic hydroxyl groups excluding tert-OH is 23. The highest BCUT2D eigenvalue weighted by molar-refractivity contribution is 5.80. The van der Waals surface area contributed by atoms with E-state index in [4.69, 9.17) is 80.5 Å². The minimum atomic E-state index is -2.18. The van der Waals surface area contributed by atoms with Gasteiger partial charge in [-0.2, -0.15) is 0 Å². The van der Waals surface area contributed by atoms with Crippen LogP contribution in [0.4, 0.5) is 0 Å². The molecule has 0 bridgehead atoms. The number of allylic oxidation sites excluding steroid dienone is 2. The summed E-state index contributed by atoms with van der Waals surface area (Å²) in [5, 5.41) is 267. The Balaban J connectivity index is 0.711. The number of carbonyl (C=O) groups excluding carboxylic acids is 2. The number of hydrogen-bond donors (Lipinski definition) is 24. The number of fused-ring (bicyclic) bond motifs is 7. The summed E-state index contributed by atoms with van der Waals surface area (Å²) >= 11 is 0. The largest absolute Gasteiger partial charge is 0.455 e. The highest BCUT2D eigenvalue weighted by atomic mass is 16.8. The van der Waals surface area contributed by atoms with Gasteiger partial charge in [-0.3, -0.25) is 4.79 Å². The molecule has 0 aromatic heterocycles. The molecule has 12 fully saturated rings. The van der Waals surface area contributed by atoms with Crippen LogP contribution in [0.3, 0.4) is 0 Å². The Labute approximate surface area is 772 Å². The van der Waals surface area contributed by atoms with Gasteiger partial charge in [-0.05, 0) is 137 Å². The van der Waals surface area contributed by atoms with Gasteiger partial charge in [0, 0.05) is 12.0 Å². The molecule has 768 valence electrons. The molecule has 48 unspecified atom stereocenters. The van der Waals surface area contributed by atoms with Gasteiger partial charge in [0.15, 0.2) is 62.3 Å². The predicted octanol–water partition coefficient (Wildman–Crippen LogP) is -5.24. The highest BCUT2D eigenvalue weighted by Crippen LogP contribution is 2.76. The van der Waals surface area contributed by atoms with E-state index in [1.54, 1.807) is 13.8 Å². The van der Waals surface area contributed by atoms with E-state index >= 15 is 9.59 Å². The van der Waals surface area contributed by atoms with Gasteiger partial charge in [0.2, 0.25) is 6.29 Å². The summed E-state index contributed by atoms with van der Waals surface area (Å²) in [4.78, 5) is 31.4. The van der Waals surface area contributed by atoms with Gasteiger partial charge in [0.25, 0.3) is 0 Å². The van der Waals surface area contributed by atoms with Gasteiger partial charge in [-0.15, -0.1) is 0 Å². The molecule has 43 heteroatoms. The zero-order valence-corrected chi connectivity index (χ0v) is 77.1. The van der Waals surface area contributed by atoms with Crippen molar-refractivity contribution in [1.82, 2.24) is 0 Å². The SMILES string of the molecule is CC1OC(OCCCCCCCC(O)CCCCCCC(OC2OCC(O)C(O)C2O)C(=O)OC2C(C)OC(OC(=O)C34CCC(C)(C)CC3C3=CCC5C6(C)CC(O)C(OC7OC(COC8OCC(O)C(O)C8O)C(O)C(O)C7O)C(C)(CO)C6CCC5(C)C3(C)CC4O)C(OC3OC(C)C(OC4OCC(OC5OCC(O)(CO)C5O)C(O)C4O)C(O)C3O)C2O)C(O)C(O)C1O. The number of hydrogen-bond acceptors (Lipinski definition) is 43. The highest BCUT2D eigenvalue weighted by Gasteiger charge is 2.74. The van der Waals surface area contributed by atoms with E-state index in [1.165, 1.54) is 13.8 Å². The first-order valence-corrected chi connectivity index (χ1v) is 47.6. The van der Waals surface area contributed by atoms with Crippen LogP contribution >= 0.6 is 0 Å². The average molecular weight is 1920 g/mol. The molecule has 8 heterocycles. The lowest BCUT2D eigenvalue weighted by molar-refractivity contribution is -0.376. The van der Waals surface area contributed by atoms with Gasteiger partial charge >= 0.3 is 11.9 Å². The molecule has 0 aromatic carbocycles. The van der Waals surface area contributed by atoms with Crippen molar-refractivity contribution in [2.45, 2.75) is 436 Å². The molecule has 4 saturated carbocycles. The molecule has 8 saturated heterocycles. The van der Waals surface area contributed by atoms with Crippen LogP contribution in [0.15, 0.2) is 11.6 Å². The summed E-state index contributed by atoms with van der Waals surface area (Å²) in [6, 6.07) is 0. The quantitative estimate of drug-likeness (QED) is 0.0122. The fraction of sp³-hybridized carbons (Fsp3) is 0.956. The second-order valence-electron chi connectivity index (χ2n) is 41.8. The first-order chi connectivity index (χ1) is 62.6. The second kappa shape index (κ2) is 43.7. The lowest BCUT2D eigenvalue weighted by Gasteiger charge is -2.72. The molecule has 8 aliphatic heterocycles. The van der Waals surface area contributed by atoms with Crippen molar-refractivity contribution in [2.24, 2.45) is 50.2 Å². The van der Waals surface area contributed by atoms with Gasteiger partial charge in [-0.25, -0.2) is 4.79 Å². The maximum absolute atomic E-state index is 16.4. The lowest BCUT2D eigenvalue weighted by Crippen LogP contribution is -2.70. The van der Waals surface area contributed by atoms with Gasteiger partial charge < -0.3 is 203 Å². The third kappa shape index (κ3) is 21.6. The Morgan fingerprint density at radius 3 is 1.69 bits per heavy atom.